The summed E-state index contributed by atoms with van der Waals surface area (Å²) in [5.74, 6) is -0.232. The molecular formula is C14H12Br2FN. The summed E-state index contributed by atoms with van der Waals surface area (Å²) < 4.78 is 14.8. The van der Waals surface area contributed by atoms with Crippen LogP contribution in [0.25, 0.3) is 0 Å². The molecule has 0 fully saturated rings. The lowest BCUT2D eigenvalue weighted by Crippen LogP contribution is -2.00. The first-order valence-electron chi connectivity index (χ1n) is 5.49. The zero-order valence-electron chi connectivity index (χ0n) is 9.81. The normalized spacial score (nSPS) is 10.4. The summed E-state index contributed by atoms with van der Waals surface area (Å²) in [5.41, 5.74) is 3.25. The van der Waals surface area contributed by atoms with Crippen LogP contribution in [-0.4, -0.2) is 0 Å². The van der Waals surface area contributed by atoms with Crippen molar-refractivity contribution in [1.29, 1.82) is 0 Å². The average molecular weight is 373 g/mol. The number of halogens is 3. The van der Waals surface area contributed by atoms with E-state index in [4.69, 9.17) is 0 Å². The van der Waals surface area contributed by atoms with Crippen LogP contribution in [0.15, 0.2) is 45.3 Å². The number of rotatable bonds is 3. The Hall–Kier alpha value is -0.870. The van der Waals surface area contributed by atoms with E-state index in [1.54, 1.807) is 6.07 Å². The largest absolute Gasteiger partial charge is 0.381 e. The molecular weight excluding hydrogens is 361 g/mol. The minimum Gasteiger partial charge on any atom is -0.381 e. The van der Waals surface area contributed by atoms with Gasteiger partial charge >= 0.3 is 0 Å². The van der Waals surface area contributed by atoms with Gasteiger partial charge in [-0.15, -0.1) is 0 Å². The van der Waals surface area contributed by atoms with Gasteiger partial charge in [-0.05, 0) is 48.4 Å². The summed E-state index contributed by atoms with van der Waals surface area (Å²) in [5, 5.41) is 3.32. The molecule has 1 nitrogen and oxygen atoms in total. The van der Waals surface area contributed by atoms with Crippen molar-refractivity contribution < 1.29 is 4.39 Å². The molecule has 0 heterocycles. The molecule has 0 spiro atoms. The molecule has 18 heavy (non-hydrogen) atoms. The zero-order chi connectivity index (χ0) is 13.1. The lowest BCUT2D eigenvalue weighted by Gasteiger charge is -2.09. The van der Waals surface area contributed by atoms with Crippen LogP contribution < -0.4 is 5.32 Å². The smallest absolute Gasteiger partial charge is 0.124 e. The predicted molar refractivity (Wildman–Crippen MR) is 80.3 cm³/mol. The molecule has 94 valence electrons. The molecule has 2 aromatic carbocycles. The Morgan fingerprint density at radius 1 is 1.11 bits per heavy atom. The first-order valence-corrected chi connectivity index (χ1v) is 7.08. The lowest BCUT2D eigenvalue weighted by molar-refractivity contribution is 0.626. The topological polar surface area (TPSA) is 12.0 Å². The van der Waals surface area contributed by atoms with Crippen molar-refractivity contribution in [3.63, 3.8) is 0 Å². The molecule has 0 bridgehead atoms. The van der Waals surface area contributed by atoms with Gasteiger partial charge in [0, 0.05) is 21.2 Å². The third-order valence-electron chi connectivity index (χ3n) is 2.54. The van der Waals surface area contributed by atoms with E-state index >= 15 is 0 Å². The Morgan fingerprint density at radius 2 is 1.89 bits per heavy atom. The predicted octanol–water partition coefficient (Wildman–Crippen LogP) is 5.27. The molecule has 0 aliphatic carbocycles. The molecule has 2 rings (SSSR count). The molecule has 0 unspecified atom stereocenters. The maximum atomic E-state index is 13.0. The molecule has 0 radical (unpaired) electrons. The van der Waals surface area contributed by atoms with E-state index in [0.717, 1.165) is 20.2 Å². The molecule has 0 aliphatic rings. The molecule has 0 aromatic heterocycles. The number of hydrogen-bond acceptors (Lipinski definition) is 1. The van der Waals surface area contributed by atoms with Gasteiger partial charge in [0.05, 0.1) is 0 Å². The number of hydrogen-bond donors (Lipinski definition) is 1. The molecule has 0 aliphatic heterocycles. The fraction of sp³-hybridized carbons (Fsp3) is 0.143. The van der Waals surface area contributed by atoms with Crippen molar-refractivity contribution in [3.8, 4) is 0 Å². The third-order valence-corrected chi connectivity index (χ3v) is 3.74. The molecule has 4 heteroatoms. The summed E-state index contributed by atoms with van der Waals surface area (Å²) in [6.07, 6.45) is 0. The monoisotopic (exact) mass is 371 g/mol. The standard InChI is InChI=1S/C14H12Br2FN/c1-9-4-11(15)6-13(5-9)18-8-10-2-3-12(17)7-14(10)16/h2-7,18H,8H2,1H3. The van der Waals surface area contributed by atoms with Crippen LogP contribution in [0.1, 0.15) is 11.1 Å². The Kier molecular flexibility index (Phi) is 4.40. The van der Waals surface area contributed by atoms with Crippen molar-refractivity contribution in [2.45, 2.75) is 13.5 Å². The van der Waals surface area contributed by atoms with E-state index in [1.165, 1.54) is 17.7 Å². The van der Waals surface area contributed by atoms with Gasteiger partial charge in [0.25, 0.3) is 0 Å². The van der Waals surface area contributed by atoms with Crippen LogP contribution in [0.4, 0.5) is 10.1 Å². The Balaban J connectivity index is 2.11. The van der Waals surface area contributed by atoms with Gasteiger partial charge < -0.3 is 5.32 Å². The van der Waals surface area contributed by atoms with Crippen molar-refractivity contribution in [1.82, 2.24) is 0 Å². The Bertz CT molecular complexity index is 549. The Morgan fingerprint density at radius 3 is 2.56 bits per heavy atom. The van der Waals surface area contributed by atoms with Gasteiger partial charge in [-0.1, -0.05) is 37.9 Å². The van der Waals surface area contributed by atoms with E-state index in [-0.39, 0.29) is 5.82 Å². The second-order valence-electron chi connectivity index (χ2n) is 4.11. The molecule has 1 N–H and O–H groups in total. The zero-order valence-corrected chi connectivity index (χ0v) is 13.0. The van der Waals surface area contributed by atoms with Crippen LogP contribution >= 0.6 is 31.9 Å². The quantitative estimate of drug-likeness (QED) is 0.773. The van der Waals surface area contributed by atoms with Crippen molar-refractivity contribution >= 4 is 37.5 Å². The highest BCUT2D eigenvalue weighted by atomic mass is 79.9. The van der Waals surface area contributed by atoms with Crippen molar-refractivity contribution in [2.75, 3.05) is 5.32 Å². The molecule has 0 amide bonds. The van der Waals surface area contributed by atoms with Gasteiger partial charge in [-0.2, -0.15) is 0 Å². The van der Waals surface area contributed by atoms with Crippen LogP contribution in [0, 0.1) is 12.7 Å². The Labute approximate surface area is 123 Å². The highest BCUT2D eigenvalue weighted by Crippen LogP contribution is 2.22. The minimum atomic E-state index is -0.232. The van der Waals surface area contributed by atoms with Gasteiger partial charge in [0.1, 0.15) is 5.82 Å². The highest BCUT2D eigenvalue weighted by molar-refractivity contribution is 9.10. The summed E-state index contributed by atoms with van der Waals surface area (Å²) in [6, 6.07) is 10.9. The van der Waals surface area contributed by atoms with E-state index in [2.05, 4.69) is 49.3 Å². The third kappa shape index (κ3) is 3.56. The van der Waals surface area contributed by atoms with E-state index in [9.17, 15) is 4.39 Å². The molecule has 0 saturated carbocycles. The van der Waals surface area contributed by atoms with Gasteiger partial charge in [-0.3, -0.25) is 0 Å². The number of benzene rings is 2. The first kappa shape index (κ1) is 13.6. The minimum absolute atomic E-state index is 0.232. The summed E-state index contributed by atoms with van der Waals surface area (Å²) in [4.78, 5) is 0. The van der Waals surface area contributed by atoms with Crippen molar-refractivity contribution in [2.24, 2.45) is 0 Å². The molecule has 0 saturated heterocycles. The number of anilines is 1. The van der Waals surface area contributed by atoms with Gasteiger partial charge in [-0.25, -0.2) is 4.39 Å². The maximum absolute atomic E-state index is 13.0. The summed E-state index contributed by atoms with van der Waals surface area (Å²) in [7, 11) is 0. The highest BCUT2D eigenvalue weighted by Gasteiger charge is 2.02. The fourth-order valence-corrected chi connectivity index (χ4v) is 2.80. The maximum Gasteiger partial charge on any atom is 0.124 e. The van der Waals surface area contributed by atoms with Crippen LogP contribution in [-0.2, 0) is 6.54 Å². The molecule has 2 aromatic rings. The van der Waals surface area contributed by atoms with E-state index in [1.807, 2.05) is 13.0 Å². The van der Waals surface area contributed by atoms with Crippen molar-refractivity contribution in [3.05, 3.63) is 62.3 Å². The van der Waals surface area contributed by atoms with Crippen LogP contribution in [0.5, 0.6) is 0 Å². The van der Waals surface area contributed by atoms with Gasteiger partial charge in [0.15, 0.2) is 0 Å². The second kappa shape index (κ2) is 5.85. The summed E-state index contributed by atoms with van der Waals surface area (Å²) in [6.45, 7) is 2.69. The molecule has 0 atom stereocenters. The van der Waals surface area contributed by atoms with Gasteiger partial charge in [0.2, 0.25) is 0 Å². The summed E-state index contributed by atoms with van der Waals surface area (Å²) >= 11 is 6.82. The lowest BCUT2D eigenvalue weighted by atomic mass is 10.2. The second-order valence-corrected chi connectivity index (χ2v) is 5.88. The fourth-order valence-electron chi connectivity index (χ4n) is 1.70. The van der Waals surface area contributed by atoms with E-state index in [0.29, 0.717) is 6.54 Å². The number of nitrogens with one attached hydrogen (secondary N) is 1. The van der Waals surface area contributed by atoms with Crippen LogP contribution in [0.3, 0.4) is 0 Å². The average Bonchev–Trinajstić information content (AvgIpc) is 2.26. The first-order chi connectivity index (χ1) is 8.54. The van der Waals surface area contributed by atoms with E-state index < -0.39 is 0 Å². The SMILES string of the molecule is Cc1cc(Br)cc(NCc2ccc(F)cc2Br)c1. The van der Waals surface area contributed by atoms with Crippen LogP contribution in [0.2, 0.25) is 0 Å². The number of aryl methyl sites for hydroxylation is 1.